The third-order valence-electron chi connectivity index (χ3n) is 4.21. The Morgan fingerprint density at radius 2 is 1.65 bits per heavy atom. The number of benzene rings is 1. The molecule has 1 atom stereocenters. The molecule has 0 aliphatic heterocycles. The second kappa shape index (κ2) is 6.80. The van der Waals surface area contributed by atoms with Crippen molar-refractivity contribution in [1.29, 1.82) is 0 Å². The summed E-state index contributed by atoms with van der Waals surface area (Å²) in [5.74, 6) is 1.55. The van der Waals surface area contributed by atoms with Crippen LogP contribution in [0.3, 0.4) is 0 Å². The topological polar surface area (TPSA) is 26.0 Å². The van der Waals surface area contributed by atoms with Gasteiger partial charge in [0.25, 0.3) is 0 Å². The van der Waals surface area contributed by atoms with Gasteiger partial charge in [0.2, 0.25) is 0 Å². The van der Waals surface area contributed by atoms with Crippen LogP contribution in [0, 0.1) is 11.8 Å². The zero-order valence-electron chi connectivity index (χ0n) is 10.8. The third-order valence-corrected chi connectivity index (χ3v) is 4.21. The van der Waals surface area contributed by atoms with Crippen LogP contribution in [0.4, 0.5) is 0 Å². The van der Waals surface area contributed by atoms with Crippen molar-refractivity contribution in [2.24, 2.45) is 17.6 Å². The van der Waals surface area contributed by atoms with Crippen LogP contribution in [0.15, 0.2) is 30.3 Å². The highest BCUT2D eigenvalue weighted by molar-refractivity contribution is 5.15. The molecule has 94 valence electrons. The molecule has 0 saturated heterocycles. The van der Waals surface area contributed by atoms with Gasteiger partial charge in [-0.2, -0.15) is 0 Å². The maximum atomic E-state index is 6.00. The van der Waals surface area contributed by atoms with Crippen LogP contribution in [0.25, 0.3) is 0 Å². The highest BCUT2D eigenvalue weighted by Gasteiger charge is 2.21. The van der Waals surface area contributed by atoms with E-state index in [4.69, 9.17) is 5.73 Å². The minimum Gasteiger partial charge on any atom is -0.330 e. The van der Waals surface area contributed by atoms with E-state index in [-0.39, 0.29) is 0 Å². The number of rotatable bonds is 4. The second-order valence-corrected chi connectivity index (χ2v) is 5.44. The van der Waals surface area contributed by atoms with Crippen LogP contribution in [0.1, 0.15) is 44.1 Å². The van der Waals surface area contributed by atoms with Crippen LogP contribution in [-0.2, 0) is 6.42 Å². The van der Waals surface area contributed by atoms with Crippen molar-refractivity contribution in [1.82, 2.24) is 0 Å². The van der Waals surface area contributed by atoms with Crippen LogP contribution >= 0.6 is 0 Å². The smallest absolute Gasteiger partial charge is 0.00430 e. The quantitative estimate of drug-likeness (QED) is 0.784. The summed E-state index contributed by atoms with van der Waals surface area (Å²) < 4.78 is 0. The molecule has 17 heavy (non-hydrogen) atoms. The van der Waals surface area contributed by atoms with Gasteiger partial charge in [-0.15, -0.1) is 0 Å². The summed E-state index contributed by atoms with van der Waals surface area (Å²) in [4.78, 5) is 0. The predicted octanol–water partition coefficient (Wildman–Crippen LogP) is 3.77. The monoisotopic (exact) mass is 231 g/mol. The first-order valence-corrected chi connectivity index (χ1v) is 7.14. The average Bonchev–Trinajstić information content (AvgIpc) is 2.66. The normalized spacial score (nSPS) is 19.8. The van der Waals surface area contributed by atoms with Crippen LogP contribution < -0.4 is 5.73 Å². The zero-order valence-corrected chi connectivity index (χ0v) is 10.8. The summed E-state index contributed by atoms with van der Waals surface area (Å²) >= 11 is 0. The van der Waals surface area contributed by atoms with E-state index < -0.39 is 0 Å². The summed E-state index contributed by atoms with van der Waals surface area (Å²) in [6.07, 6.45) is 9.65. The molecule has 1 aromatic rings. The van der Waals surface area contributed by atoms with Gasteiger partial charge in [0.05, 0.1) is 0 Å². The van der Waals surface area contributed by atoms with Crippen molar-refractivity contribution >= 4 is 0 Å². The Balaban J connectivity index is 1.95. The lowest BCUT2D eigenvalue weighted by atomic mass is 9.82. The van der Waals surface area contributed by atoms with E-state index in [1.54, 1.807) is 0 Å². The van der Waals surface area contributed by atoms with Crippen LogP contribution in [0.5, 0.6) is 0 Å². The Morgan fingerprint density at radius 3 is 2.24 bits per heavy atom. The molecule has 1 fully saturated rings. The molecule has 1 aromatic carbocycles. The fourth-order valence-electron chi connectivity index (χ4n) is 3.14. The fourth-order valence-corrected chi connectivity index (χ4v) is 3.14. The minimum atomic E-state index is 0.690. The summed E-state index contributed by atoms with van der Waals surface area (Å²) in [7, 11) is 0. The molecule has 0 spiro atoms. The van der Waals surface area contributed by atoms with Crippen molar-refractivity contribution in [3.05, 3.63) is 35.9 Å². The summed E-state index contributed by atoms with van der Waals surface area (Å²) in [5.41, 5.74) is 7.45. The van der Waals surface area contributed by atoms with Crippen LogP contribution in [0.2, 0.25) is 0 Å². The van der Waals surface area contributed by atoms with E-state index in [2.05, 4.69) is 30.3 Å². The van der Waals surface area contributed by atoms with E-state index >= 15 is 0 Å². The van der Waals surface area contributed by atoms with Crippen molar-refractivity contribution in [2.45, 2.75) is 44.9 Å². The first kappa shape index (κ1) is 12.6. The van der Waals surface area contributed by atoms with Gasteiger partial charge in [-0.3, -0.25) is 0 Å². The third kappa shape index (κ3) is 3.85. The first-order valence-electron chi connectivity index (χ1n) is 7.14. The van der Waals surface area contributed by atoms with Crippen LogP contribution in [-0.4, -0.2) is 6.54 Å². The molecule has 1 heteroatoms. The molecular weight excluding hydrogens is 206 g/mol. The van der Waals surface area contributed by atoms with E-state index in [9.17, 15) is 0 Å². The molecule has 0 radical (unpaired) electrons. The Morgan fingerprint density at radius 1 is 1.00 bits per heavy atom. The first-order chi connectivity index (χ1) is 8.40. The van der Waals surface area contributed by atoms with E-state index in [1.165, 1.54) is 50.5 Å². The SMILES string of the molecule is NCC(Cc1ccccc1)C1CCCCCC1. The lowest BCUT2D eigenvalue weighted by molar-refractivity contribution is 0.302. The van der Waals surface area contributed by atoms with Gasteiger partial charge in [0, 0.05) is 0 Å². The highest BCUT2D eigenvalue weighted by atomic mass is 14.6. The Labute approximate surface area is 105 Å². The van der Waals surface area contributed by atoms with Crippen molar-refractivity contribution < 1.29 is 0 Å². The number of nitrogens with two attached hydrogens (primary N) is 1. The molecule has 0 bridgehead atoms. The largest absolute Gasteiger partial charge is 0.330 e. The van der Waals surface area contributed by atoms with Gasteiger partial charge in [0.15, 0.2) is 0 Å². The van der Waals surface area contributed by atoms with Gasteiger partial charge in [-0.25, -0.2) is 0 Å². The van der Waals surface area contributed by atoms with Crippen molar-refractivity contribution in [3.8, 4) is 0 Å². The Kier molecular flexibility index (Phi) is 5.06. The van der Waals surface area contributed by atoms with Crippen molar-refractivity contribution in [3.63, 3.8) is 0 Å². The Bertz CT molecular complexity index is 299. The van der Waals surface area contributed by atoms with Gasteiger partial charge in [-0.1, -0.05) is 68.9 Å². The predicted molar refractivity (Wildman–Crippen MR) is 73.9 cm³/mol. The number of hydrogen-bond donors (Lipinski definition) is 1. The Hall–Kier alpha value is -0.820. The molecule has 0 amide bonds. The molecule has 2 rings (SSSR count). The second-order valence-electron chi connectivity index (χ2n) is 5.44. The zero-order chi connectivity index (χ0) is 11.9. The minimum absolute atomic E-state index is 0.690. The highest BCUT2D eigenvalue weighted by Crippen LogP contribution is 2.30. The lowest BCUT2D eigenvalue weighted by Crippen LogP contribution is -2.25. The molecule has 1 aliphatic rings. The van der Waals surface area contributed by atoms with Gasteiger partial charge in [-0.05, 0) is 30.4 Å². The fraction of sp³-hybridized carbons (Fsp3) is 0.625. The molecular formula is C16H25N. The molecule has 2 N–H and O–H groups in total. The number of hydrogen-bond acceptors (Lipinski definition) is 1. The van der Waals surface area contributed by atoms with E-state index in [0.29, 0.717) is 5.92 Å². The molecule has 1 aliphatic carbocycles. The standard InChI is InChI=1S/C16H25N/c17-13-16(12-14-8-4-3-5-9-14)15-10-6-1-2-7-11-15/h3-5,8-9,15-16H,1-2,6-7,10-13,17H2. The average molecular weight is 231 g/mol. The maximum Gasteiger partial charge on any atom is -0.00430 e. The summed E-state index contributed by atoms with van der Waals surface area (Å²) in [5, 5.41) is 0. The van der Waals surface area contributed by atoms with E-state index in [0.717, 1.165) is 12.5 Å². The lowest BCUT2D eigenvalue weighted by Gasteiger charge is -2.25. The summed E-state index contributed by atoms with van der Waals surface area (Å²) in [6, 6.07) is 10.8. The van der Waals surface area contributed by atoms with Gasteiger partial charge >= 0.3 is 0 Å². The maximum absolute atomic E-state index is 6.00. The van der Waals surface area contributed by atoms with E-state index in [1.807, 2.05) is 0 Å². The molecule has 1 saturated carbocycles. The summed E-state index contributed by atoms with van der Waals surface area (Å²) in [6.45, 7) is 0.847. The molecule has 0 aromatic heterocycles. The van der Waals surface area contributed by atoms with Gasteiger partial charge in [0.1, 0.15) is 0 Å². The van der Waals surface area contributed by atoms with Gasteiger partial charge < -0.3 is 5.73 Å². The molecule has 1 nitrogen and oxygen atoms in total. The molecule has 0 heterocycles. The van der Waals surface area contributed by atoms with Crippen molar-refractivity contribution in [2.75, 3.05) is 6.54 Å². The molecule has 1 unspecified atom stereocenters.